The number of carbonyl (C=O) groups is 1. The third-order valence-electron chi connectivity index (χ3n) is 1.11. The lowest BCUT2D eigenvalue weighted by Gasteiger charge is -2.00. The van der Waals surface area contributed by atoms with Gasteiger partial charge in [0.2, 0.25) is 5.95 Å². The van der Waals surface area contributed by atoms with Crippen LogP contribution in [0.2, 0.25) is 0 Å². The second-order valence-electron chi connectivity index (χ2n) is 1.82. The number of methoxy groups -OCH3 is 1. The van der Waals surface area contributed by atoms with E-state index in [9.17, 15) is 4.79 Å². The Labute approximate surface area is 63.2 Å². The second kappa shape index (κ2) is 3.00. The van der Waals surface area contributed by atoms with Crippen molar-refractivity contribution < 1.29 is 9.53 Å². The maximum absolute atomic E-state index is 10.6. The standard InChI is InChI=1S/C5H8N4O2/c1-9-4(6-3-7-9)8-5(10)11-2/h3H,1-2H3,(H,6,7,8,10). The lowest BCUT2D eigenvalue weighted by Crippen LogP contribution is -2.14. The molecule has 0 aliphatic rings. The van der Waals surface area contributed by atoms with Gasteiger partial charge in [0.15, 0.2) is 0 Å². The third kappa shape index (κ3) is 1.66. The highest BCUT2D eigenvalue weighted by Crippen LogP contribution is 1.97. The Hall–Kier alpha value is -1.59. The molecule has 0 fully saturated rings. The van der Waals surface area contributed by atoms with E-state index in [1.165, 1.54) is 18.1 Å². The Bertz CT molecular complexity index is 257. The zero-order valence-electron chi connectivity index (χ0n) is 6.24. The van der Waals surface area contributed by atoms with Crippen LogP contribution in [0.25, 0.3) is 0 Å². The number of amides is 1. The summed E-state index contributed by atoms with van der Waals surface area (Å²) in [5, 5.41) is 6.11. The highest BCUT2D eigenvalue weighted by molar-refractivity contribution is 5.81. The van der Waals surface area contributed by atoms with Crippen LogP contribution in [0.1, 0.15) is 0 Å². The van der Waals surface area contributed by atoms with Crippen LogP contribution in [0.15, 0.2) is 6.33 Å². The van der Waals surface area contributed by atoms with E-state index in [4.69, 9.17) is 0 Å². The largest absolute Gasteiger partial charge is 0.453 e. The first-order valence-corrected chi connectivity index (χ1v) is 2.93. The molecule has 1 N–H and O–H groups in total. The molecule has 0 aliphatic carbocycles. The zero-order chi connectivity index (χ0) is 8.27. The normalized spacial score (nSPS) is 9.27. The third-order valence-corrected chi connectivity index (χ3v) is 1.11. The monoisotopic (exact) mass is 156 g/mol. The van der Waals surface area contributed by atoms with Crippen molar-refractivity contribution in [3.8, 4) is 0 Å². The van der Waals surface area contributed by atoms with E-state index in [0.29, 0.717) is 5.95 Å². The molecule has 1 aromatic heterocycles. The first-order chi connectivity index (χ1) is 5.24. The van der Waals surface area contributed by atoms with Gasteiger partial charge in [-0.25, -0.2) is 9.48 Å². The molecule has 1 amide bonds. The molecule has 1 heterocycles. The van der Waals surface area contributed by atoms with E-state index < -0.39 is 6.09 Å². The molecular formula is C5H8N4O2. The summed E-state index contributed by atoms with van der Waals surface area (Å²) in [7, 11) is 2.95. The Morgan fingerprint density at radius 1 is 1.82 bits per heavy atom. The van der Waals surface area contributed by atoms with Crippen LogP contribution in [0, 0.1) is 0 Å². The smallest absolute Gasteiger partial charge is 0.413 e. The minimum atomic E-state index is -0.555. The van der Waals surface area contributed by atoms with Gasteiger partial charge in [-0.05, 0) is 0 Å². The van der Waals surface area contributed by atoms with Crippen LogP contribution in [0.3, 0.4) is 0 Å². The van der Waals surface area contributed by atoms with E-state index >= 15 is 0 Å². The number of hydrogen-bond acceptors (Lipinski definition) is 4. The molecule has 0 saturated heterocycles. The number of carbonyl (C=O) groups excluding carboxylic acids is 1. The molecule has 1 aromatic rings. The van der Waals surface area contributed by atoms with Crippen LogP contribution in [0.5, 0.6) is 0 Å². The minimum Gasteiger partial charge on any atom is -0.453 e. The van der Waals surface area contributed by atoms with Crippen LogP contribution in [-0.4, -0.2) is 28.0 Å². The predicted octanol–water partition coefficient (Wildman–Crippen LogP) is -0.00660. The molecule has 6 nitrogen and oxygen atoms in total. The fraction of sp³-hybridized carbons (Fsp3) is 0.400. The lowest BCUT2D eigenvalue weighted by molar-refractivity contribution is 0.186. The molecule has 0 spiro atoms. The number of nitrogens with one attached hydrogen (secondary N) is 1. The van der Waals surface area contributed by atoms with Gasteiger partial charge in [0, 0.05) is 7.05 Å². The Morgan fingerprint density at radius 3 is 3.00 bits per heavy atom. The number of rotatable bonds is 1. The van der Waals surface area contributed by atoms with E-state index in [1.807, 2.05) is 0 Å². The number of aryl methyl sites for hydroxylation is 1. The minimum absolute atomic E-state index is 0.358. The van der Waals surface area contributed by atoms with Crippen molar-refractivity contribution in [2.45, 2.75) is 0 Å². The summed E-state index contributed by atoms with van der Waals surface area (Å²) < 4.78 is 5.77. The average molecular weight is 156 g/mol. The van der Waals surface area contributed by atoms with Crippen molar-refractivity contribution in [2.24, 2.45) is 7.05 Å². The summed E-state index contributed by atoms with van der Waals surface area (Å²) in [4.78, 5) is 14.4. The topological polar surface area (TPSA) is 69.0 Å². The van der Waals surface area contributed by atoms with Gasteiger partial charge in [-0.2, -0.15) is 10.1 Å². The van der Waals surface area contributed by atoms with Crippen LogP contribution < -0.4 is 5.32 Å². The number of ether oxygens (including phenoxy) is 1. The van der Waals surface area contributed by atoms with E-state index in [0.717, 1.165) is 0 Å². The molecule has 0 bridgehead atoms. The lowest BCUT2D eigenvalue weighted by atomic mass is 10.9. The summed E-state index contributed by atoms with van der Waals surface area (Å²) >= 11 is 0. The fourth-order valence-electron chi connectivity index (χ4n) is 0.552. The van der Waals surface area contributed by atoms with Gasteiger partial charge in [-0.1, -0.05) is 0 Å². The first-order valence-electron chi connectivity index (χ1n) is 2.93. The maximum atomic E-state index is 10.6. The molecule has 0 aliphatic heterocycles. The van der Waals surface area contributed by atoms with Gasteiger partial charge in [-0.3, -0.25) is 5.32 Å². The maximum Gasteiger partial charge on any atom is 0.413 e. The highest BCUT2D eigenvalue weighted by atomic mass is 16.5. The summed E-state index contributed by atoms with van der Waals surface area (Å²) in [6.45, 7) is 0. The summed E-state index contributed by atoms with van der Waals surface area (Å²) in [6.07, 6.45) is 0.784. The van der Waals surface area contributed by atoms with Crippen molar-refractivity contribution >= 4 is 12.0 Å². The Balaban J connectivity index is 2.64. The van der Waals surface area contributed by atoms with Gasteiger partial charge in [0.05, 0.1) is 7.11 Å². The molecule has 0 radical (unpaired) electrons. The van der Waals surface area contributed by atoms with Gasteiger partial charge in [0.25, 0.3) is 0 Å². The van der Waals surface area contributed by atoms with Crippen molar-refractivity contribution in [2.75, 3.05) is 12.4 Å². The number of hydrogen-bond donors (Lipinski definition) is 1. The Morgan fingerprint density at radius 2 is 2.55 bits per heavy atom. The number of anilines is 1. The quantitative estimate of drug-likeness (QED) is 0.621. The fourth-order valence-corrected chi connectivity index (χ4v) is 0.552. The van der Waals surface area contributed by atoms with Crippen molar-refractivity contribution in [1.29, 1.82) is 0 Å². The van der Waals surface area contributed by atoms with E-state index in [-0.39, 0.29) is 0 Å². The summed E-state index contributed by atoms with van der Waals surface area (Å²) in [5.74, 6) is 0.358. The molecule has 0 unspecified atom stereocenters. The molecule has 60 valence electrons. The number of aromatic nitrogens is 3. The molecule has 6 heteroatoms. The van der Waals surface area contributed by atoms with Crippen molar-refractivity contribution in [3.05, 3.63) is 6.33 Å². The van der Waals surface area contributed by atoms with Crippen molar-refractivity contribution in [3.63, 3.8) is 0 Å². The average Bonchev–Trinajstić information content (AvgIpc) is 2.37. The summed E-state index contributed by atoms with van der Waals surface area (Å²) in [6, 6.07) is 0. The highest BCUT2D eigenvalue weighted by Gasteiger charge is 2.03. The van der Waals surface area contributed by atoms with Crippen LogP contribution in [0.4, 0.5) is 10.7 Å². The van der Waals surface area contributed by atoms with Gasteiger partial charge < -0.3 is 4.74 Å². The van der Waals surface area contributed by atoms with Gasteiger partial charge in [0.1, 0.15) is 6.33 Å². The van der Waals surface area contributed by atoms with Crippen LogP contribution in [-0.2, 0) is 11.8 Å². The second-order valence-corrected chi connectivity index (χ2v) is 1.82. The number of nitrogens with zero attached hydrogens (tertiary/aromatic N) is 3. The summed E-state index contributed by atoms with van der Waals surface area (Å²) in [5.41, 5.74) is 0. The van der Waals surface area contributed by atoms with E-state index in [1.54, 1.807) is 7.05 Å². The first kappa shape index (κ1) is 7.52. The predicted molar refractivity (Wildman–Crippen MR) is 37.0 cm³/mol. The SMILES string of the molecule is COC(=O)Nc1ncnn1C. The van der Waals surface area contributed by atoms with Gasteiger partial charge >= 0.3 is 6.09 Å². The van der Waals surface area contributed by atoms with Crippen LogP contribution >= 0.6 is 0 Å². The molecule has 0 atom stereocenters. The van der Waals surface area contributed by atoms with Gasteiger partial charge in [-0.15, -0.1) is 0 Å². The molecule has 0 saturated carbocycles. The molecule has 0 aromatic carbocycles. The Kier molecular flexibility index (Phi) is 2.05. The zero-order valence-corrected chi connectivity index (χ0v) is 6.24. The molecule has 1 rings (SSSR count). The van der Waals surface area contributed by atoms with E-state index in [2.05, 4.69) is 20.1 Å². The van der Waals surface area contributed by atoms with Crippen molar-refractivity contribution in [1.82, 2.24) is 14.8 Å². The molecule has 11 heavy (non-hydrogen) atoms. The molecular weight excluding hydrogens is 148 g/mol.